The zero-order valence-corrected chi connectivity index (χ0v) is 13.6. The van der Waals surface area contributed by atoms with Gasteiger partial charge in [0.2, 0.25) is 0 Å². The van der Waals surface area contributed by atoms with Crippen LogP contribution in [0.1, 0.15) is 47.1 Å². The molecule has 122 valence electrons. The molecular formula is C17H21FN4O. The van der Waals surface area contributed by atoms with Crippen molar-refractivity contribution < 1.29 is 9.18 Å². The number of carbonyl (C=O) groups is 1. The van der Waals surface area contributed by atoms with Crippen LogP contribution in [0, 0.1) is 5.82 Å². The normalized spacial score (nSPS) is 14.0. The third-order valence-electron chi connectivity index (χ3n) is 4.20. The number of benzene rings is 1. The third kappa shape index (κ3) is 2.99. The van der Waals surface area contributed by atoms with Crippen molar-refractivity contribution in [3.05, 3.63) is 46.5 Å². The van der Waals surface area contributed by atoms with Gasteiger partial charge in [0.25, 0.3) is 5.91 Å². The van der Waals surface area contributed by atoms with Crippen LogP contribution in [0.5, 0.6) is 0 Å². The van der Waals surface area contributed by atoms with Gasteiger partial charge in [-0.15, -0.1) is 0 Å². The molecule has 1 aliphatic rings. The van der Waals surface area contributed by atoms with Gasteiger partial charge in [-0.25, -0.2) is 4.39 Å². The molecule has 0 bridgehead atoms. The number of anilines is 1. The number of hydrogen-bond acceptors (Lipinski definition) is 3. The number of nitrogens with zero attached hydrogens (tertiary/aromatic N) is 2. The average molecular weight is 316 g/mol. The topological polar surface area (TPSA) is 59.0 Å². The number of amides is 1. The summed E-state index contributed by atoms with van der Waals surface area (Å²) in [4.78, 5) is 12.4. The van der Waals surface area contributed by atoms with Crippen LogP contribution in [0.4, 0.5) is 10.1 Å². The van der Waals surface area contributed by atoms with Gasteiger partial charge in [-0.2, -0.15) is 5.10 Å². The summed E-state index contributed by atoms with van der Waals surface area (Å²) in [5.41, 5.74) is 3.12. The molecule has 2 aromatic rings. The van der Waals surface area contributed by atoms with E-state index in [2.05, 4.69) is 15.7 Å². The summed E-state index contributed by atoms with van der Waals surface area (Å²) < 4.78 is 16.3. The lowest BCUT2D eigenvalue weighted by Gasteiger charge is -2.19. The Morgan fingerprint density at radius 3 is 2.91 bits per heavy atom. The summed E-state index contributed by atoms with van der Waals surface area (Å²) in [6.45, 7) is 5.49. The zero-order valence-electron chi connectivity index (χ0n) is 13.6. The molecular weight excluding hydrogens is 295 g/mol. The fourth-order valence-corrected chi connectivity index (χ4v) is 2.95. The minimum atomic E-state index is -0.389. The molecule has 1 aromatic carbocycles. The van der Waals surface area contributed by atoms with Crippen LogP contribution in [-0.2, 0) is 20.0 Å². The Morgan fingerprint density at radius 1 is 1.43 bits per heavy atom. The molecule has 0 atom stereocenters. The molecule has 0 saturated heterocycles. The number of aromatic nitrogens is 2. The molecule has 0 aliphatic carbocycles. The molecule has 2 N–H and O–H groups in total. The van der Waals surface area contributed by atoms with Crippen molar-refractivity contribution in [3.63, 3.8) is 0 Å². The fraction of sp³-hybridized carbons (Fsp3) is 0.412. The smallest absolute Gasteiger partial charge is 0.276 e. The number of nitrogens with one attached hydrogen (secondary N) is 2. The third-order valence-corrected chi connectivity index (χ3v) is 4.20. The Balaban J connectivity index is 1.84. The fourth-order valence-electron chi connectivity index (χ4n) is 2.95. The van der Waals surface area contributed by atoms with Crippen LogP contribution in [0.25, 0.3) is 0 Å². The molecule has 0 radical (unpaired) electrons. The first-order chi connectivity index (χ1) is 11.0. The molecule has 23 heavy (non-hydrogen) atoms. The van der Waals surface area contributed by atoms with Crippen molar-refractivity contribution in [2.75, 3.05) is 11.9 Å². The first-order valence-electron chi connectivity index (χ1n) is 7.83. The summed E-state index contributed by atoms with van der Waals surface area (Å²) >= 11 is 0. The largest absolute Gasteiger partial charge is 0.318 e. The van der Waals surface area contributed by atoms with E-state index in [0.717, 1.165) is 17.8 Å². The number of carbonyl (C=O) groups excluding carboxylic acids is 1. The van der Waals surface area contributed by atoms with Gasteiger partial charge in [0.05, 0.1) is 5.69 Å². The van der Waals surface area contributed by atoms with Crippen LogP contribution in [0.3, 0.4) is 0 Å². The highest BCUT2D eigenvalue weighted by Gasteiger charge is 2.20. The molecule has 0 saturated carbocycles. The lowest BCUT2D eigenvalue weighted by atomic mass is 9.99. The summed E-state index contributed by atoms with van der Waals surface area (Å²) in [7, 11) is 1.80. The number of halogens is 1. The van der Waals surface area contributed by atoms with E-state index in [4.69, 9.17) is 0 Å². The molecule has 0 unspecified atom stereocenters. The first kappa shape index (κ1) is 15.7. The average Bonchev–Trinajstić information content (AvgIpc) is 2.92. The lowest BCUT2D eigenvalue weighted by molar-refractivity contribution is 0.102. The molecule has 6 heteroatoms. The van der Waals surface area contributed by atoms with Gasteiger partial charge < -0.3 is 10.6 Å². The number of aryl methyl sites for hydroxylation is 1. The van der Waals surface area contributed by atoms with Crippen molar-refractivity contribution in [2.24, 2.45) is 7.05 Å². The summed E-state index contributed by atoms with van der Waals surface area (Å²) in [6.07, 6.45) is 0.631. The van der Waals surface area contributed by atoms with Gasteiger partial charge in [-0.3, -0.25) is 9.48 Å². The van der Waals surface area contributed by atoms with Crippen molar-refractivity contribution in [3.8, 4) is 0 Å². The second-order valence-electron chi connectivity index (χ2n) is 6.18. The monoisotopic (exact) mass is 316 g/mol. The van der Waals surface area contributed by atoms with Crippen molar-refractivity contribution in [1.29, 1.82) is 0 Å². The lowest BCUT2D eigenvalue weighted by Crippen LogP contribution is -2.25. The Bertz CT molecular complexity index is 751. The van der Waals surface area contributed by atoms with E-state index in [9.17, 15) is 9.18 Å². The van der Waals surface area contributed by atoms with Gasteiger partial charge in [0.15, 0.2) is 5.69 Å². The Labute approximate surface area is 134 Å². The first-order valence-corrected chi connectivity index (χ1v) is 7.83. The molecule has 2 heterocycles. The van der Waals surface area contributed by atoms with E-state index in [1.54, 1.807) is 23.9 Å². The van der Waals surface area contributed by atoms with E-state index < -0.39 is 0 Å². The molecule has 1 amide bonds. The highest BCUT2D eigenvalue weighted by atomic mass is 19.1. The highest BCUT2D eigenvalue weighted by molar-refractivity contribution is 6.03. The molecule has 1 aromatic heterocycles. The Hall–Kier alpha value is -2.21. The predicted octanol–water partition coefficient (Wildman–Crippen LogP) is 2.58. The van der Waals surface area contributed by atoms with Gasteiger partial charge >= 0.3 is 0 Å². The maximum absolute atomic E-state index is 14.6. The van der Waals surface area contributed by atoms with Crippen LogP contribution in [0.15, 0.2) is 18.2 Å². The van der Waals surface area contributed by atoms with Crippen LogP contribution in [-0.4, -0.2) is 22.2 Å². The quantitative estimate of drug-likeness (QED) is 0.915. The van der Waals surface area contributed by atoms with E-state index in [0.29, 0.717) is 24.2 Å². The highest BCUT2D eigenvalue weighted by Crippen LogP contribution is 2.25. The van der Waals surface area contributed by atoms with E-state index in [1.807, 2.05) is 19.9 Å². The van der Waals surface area contributed by atoms with Crippen LogP contribution >= 0.6 is 0 Å². The number of hydrogen-bond donors (Lipinski definition) is 2. The summed E-state index contributed by atoms with van der Waals surface area (Å²) in [5.74, 6) is -0.459. The van der Waals surface area contributed by atoms with Crippen molar-refractivity contribution >= 4 is 11.6 Å². The van der Waals surface area contributed by atoms with E-state index in [1.165, 1.54) is 0 Å². The van der Waals surface area contributed by atoms with E-state index >= 15 is 0 Å². The van der Waals surface area contributed by atoms with Crippen molar-refractivity contribution in [1.82, 2.24) is 15.1 Å². The SMILES string of the molecule is CC(C)c1cc(C(=O)Nc2ccc3c(c2F)CCNC3)nn1C. The number of rotatable bonds is 3. The van der Waals surface area contributed by atoms with Crippen LogP contribution in [0.2, 0.25) is 0 Å². The second-order valence-corrected chi connectivity index (χ2v) is 6.18. The molecule has 1 aliphatic heterocycles. The number of fused-ring (bicyclic) bond motifs is 1. The Kier molecular flexibility index (Phi) is 4.17. The maximum atomic E-state index is 14.6. The van der Waals surface area contributed by atoms with Crippen LogP contribution < -0.4 is 10.6 Å². The van der Waals surface area contributed by atoms with Gasteiger partial charge in [0.1, 0.15) is 5.82 Å². The second kappa shape index (κ2) is 6.12. The zero-order chi connectivity index (χ0) is 16.6. The molecule has 0 fully saturated rings. The van der Waals surface area contributed by atoms with E-state index in [-0.39, 0.29) is 23.3 Å². The Morgan fingerprint density at radius 2 is 2.22 bits per heavy atom. The minimum absolute atomic E-state index is 0.215. The summed E-state index contributed by atoms with van der Waals surface area (Å²) in [5, 5.41) is 10.1. The van der Waals surface area contributed by atoms with Gasteiger partial charge in [0, 0.05) is 19.3 Å². The molecule has 0 spiro atoms. The maximum Gasteiger partial charge on any atom is 0.276 e. The predicted molar refractivity (Wildman–Crippen MR) is 87.1 cm³/mol. The van der Waals surface area contributed by atoms with Gasteiger partial charge in [-0.05, 0) is 42.1 Å². The molecule has 5 nitrogen and oxygen atoms in total. The van der Waals surface area contributed by atoms with Crippen molar-refractivity contribution in [2.45, 2.75) is 32.7 Å². The van der Waals surface area contributed by atoms with Gasteiger partial charge in [-0.1, -0.05) is 19.9 Å². The molecule has 3 rings (SSSR count). The summed E-state index contributed by atoms with van der Waals surface area (Å²) in [6, 6.07) is 5.23. The standard InChI is InChI=1S/C17H21FN4O/c1-10(2)15-8-14(21-22(15)3)17(23)20-13-5-4-11-9-19-7-6-12(11)16(13)18/h4-5,8,10,19H,6-7,9H2,1-3H3,(H,20,23). The minimum Gasteiger partial charge on any atom is -0.318 e.